The number of carbonyl (C=O) groups is 2. The third-order valence-corrected chi connectivity index (χ3v) is 5.49. The number of carboxylic acid groups (broad SMARTS) is 1. The molecule has 0 atom stereocenters. The molecule has 0 aromatic heterocycles. The molecule has 0 spiro atoms. The van der Waals surface area contributed by atoms with E-state index in [1.54, 1.807) is 4.90 Å². The highest BCUT2D eigenvalue weighted by Crippen LogP contribution is 2.33. The highest BCUT2D eigenvalue weighted by Gasteiger charge is 2.29. The number of carbonyl (C=O) groups excluding carboxylic acids is 1. The Kier molecular flexibility index (Phi) is 5.03. The average Bonchev–Trinajstić information content (AvgIpc) is 3.16. The predicted octanol–water partition coefficient (Wildman–Crippen LogP) is 2.01. The Balaban J connectivity index is 1.36. The maximum atomic E-state index is 12.8. The van der Waals surface area contributed by atoms with Gasteiger partial charge in [0.2, 0.25) is 12.7 Å². The van der Waals surface area contributed by atoms with E-state index in [1.165, 1.54) is 0 Å². The van der Waals surface area contributed by atoms with Gasteiger partial charge in [-0.2, -0.15) is 0 Å². The number of amides is 1. The molecule has 7 heteroatoms. The summed E-state index contributed by atoms with van der Waals surface area (Å²) >= 11 is 0. The van der Waals surface area contributed by atoms with Gasteiger partial charge in [0.25, 0.3) is 0 Å². The molecule has 4 rings (SSSR count). The summed E-state index contributed by atoms with van der Waals surface area (Å²) in [4.78, 5) is 28.4. The zero-order valence-electron chi connectivity index (χ0n) is 15.3. The molecule has 2 aliphatic heterocycles. The van der Waals surface area contributed by atoms with Gasteiger partial charge in [-0.25, -0.2) is 4.79 Å². The van der Waals surface area contributed by atoms with Gasteiger partial charge in [-0.1, -0.05) is 6.07 Å². The molecule has 1 aromatic rings. The van der Waals surface area contributed by atoms with Crippen molar-refractivity contribution in [2.75, 3.05) is 33.0 Å². The maximum absolute atomic E-state index is 12.8. The number of aliphatic carboxylic acids is 1. The Morgan fingerprint density at radius 3 is 2.41 bits per heavy atom. The third kappa shape index (κ3) is 3.78. The summed E-state index contributed by atoms with van der Waals surface area (Å²) in [5.74, 6) is 0.533. The number of benzene rings is 1. The van der Waals surface area contributed by atoms with E-state index in [0.29, 0.717) is 37.1 Å². The van der Waals surface area contributed by atoms with Crippen LogP contribution in [0.25, 0.3) is 0 Å². The SMILES string of the molecule is O=C(O)C1=C(C(=O)N2CCN(Cc3ccc4c(c3)OCO4)CC2)CCCC1. The Labute approximate surface area is 158 Å². The summed E-state index contributed by atoms with van der Waals surface area (Å²) in [7, 11) is 0. The minimum atomic E-state index is -0.945. The van der Waals surface area contributed by atoms with Crippen LogP contribution in [-0.4, -0.2) is 59.8 Å². The van der Waals surface area contributed by atoms with Crippen LogP contribution in [0.5, 0.6) is 11.5 Å². The van der Waals surface area contributed by atoms with Gasteiger partial charge in [0, 0.05) is 43.9 Å². The van der Waals surface area contributed by atoms with Gasteiger partial charge in [0.15, 0.2) is 11.5 Å². The molecule has 1 saturated heterocycles. The number of hydrogen-bond donors (Lipinski definition) is 1. The van der Waals surface area contributed by atoms with E-state index < -0.39 is 5.97 Å². The van der Waals surface area contributed by atoms with Gasteiger partial charge in [0.05, 0.1) is 0 Å². The number of hydrogen-bond acceptors (Lipinski definition) is 5. The molecule has 27 heavy (non-hydrogen) atoms. The fraction of sp³-hybridized carbons (Fsp3) is 0.500. The number of rotatable bonds is 4. The summed E-state index contributed by atoms with van der Waals surface area (Å²) in [5, 5.41) is 9.37. The Bertz CT molecular complexity index is 781. The summed E-state index contributed by atoms with van der Waals surface area (Å²) in [6, 6.07) is 5.98. The van der Waals surface area contributed by atoms with Crippen molar-refractivity contribution in [2.45, 2.75) is 32.2 Å². The molecule has 0 radical (unpaired) electrons. The number of ether oxygens (including phenoxy) is 2. The maximum Gasteiger partial charge on any atom is 0.332 e. The first-order chi connectivity index (χ1) is 13.1. The average molecular weight is 372 g/mol. The quantitative estimate of drug-likeness (QED) is 0.871. The molecule has 1 amide bonds. The van der Waals surface area contributed by atoms with Crippen molar-refractivity contribution < 1.29 is 24.2 Å². The first-order valence-electron chi connectivity index (χ1n) is 9.47. The van der Waals surface area contributed by atoms with Crippen LogP contribution in [0.15, 0.2) is 29.3 Å². The third-order valence-electron chi connectivity index (χ3n) is 5.49. The van der Waals surface area contributed by atoms with Gasteiger partial charge in [-0.15, -0.1) is 0 Å². The topological polar surface area (TPSA) is 79.3 Å². The molecule has 2 heterocycles. The normalized spacial score (nSPS) is 20.1. The first kappa shape index (κ1) is 17.9. The van der Waals surface area contributed by atoms with E-state index in [9.17, 15) is 14.7 Å². The second kappa shape index (κ2) is 7.60. The predicted molar refractivity (Wildman–Crippen MR) is 97.6 cm³/mol. The van der Waals surface area contributed by atoms with Crippen LogP contribution in [0.2, 0.25) is 0 Å². The van der Waals surface area contributed by atoms with Crippen LogP contribution in [0.4, 0.5) is 0 Å². The highest BCUT2D eigenvalue weighted by molar-refractivity contribution is 6.02. The van der Waals surface area contributed by atoms with Crippen molar-refractivity contribution in [2.24, 2.45) is 0 Å². The smallest absolute Gasteiger partial charge is 0.332 e. The lowest BCUT2D eigenvalue weighted by molar-refractivity contribution is -0.134. The van der Waals surface area contributed by atoms with Crippen molar-refractivity contribution in [3.63, 3.8) is 0 Å². The lowest BCUT2D eigenvalue weighted by atomic mass is 9.90. The molecule has 144 valence electrons. The van der Waals surface area contributed by atoms with Gasteiger partial charge in [-0.3, -0.25) is 9.69 Å². The Morgan fingerprint density at radius 1 is 0.963 bits per heavy atom. The Hall–Kier alpha value is -2.54. The highest BCUT2D eigenvalue weighted by atomic mass is 16.7. The molecule has 1 aliphatic carbocycles. The summed E-state index contributed by atoms with van der Waals surface area (Å²) in [6.07, 6.45) is 2.82. The number of nitrogens with zero attached hydrogens (tertiary/aromatic N) is 2. The molecule has 0 unspecified atom stereocenters. The molecule has 1 fully saturated rings. The van der Waals surface area contributed by atoms with Gasteiger partial charge >= 0.3 is 5.97 Å². The van der Waals surface area contributed by atoms with Crippen LogP contribution in [-0.2, 0) is 16.1 Å². The largest absolute Gasteiger partial charge is 0.478 e. The molecule has 1 N–H and O–H groups in total. The van der Waals surface area contributed by atoms with E-state index in [2.05, 4.69) is 4.90 Å². The summed E-state index contributed by atoms with van der Waals surface area (Å²) in [6.45, 7) is 3.86. The zero-order valence-corrected chi connectivity index (χ0v) is 15.3. The number of fused-ring (bicyclic) bond motifs is 1. The van der Waals surface area contributed by atoms with Crippen molar-refractivity contribution >= 4 is 11.9 Å². The Morgan fingerprint density at radius 2 is 1.67 bits per heavy atom. The molecule has 1 aromatic carbocycles. The number of piperazine rings is 1. The monoisotopic (exact) mass is 372 g/mol. The summed E-state index contributed by atoms with van der Waals surface area (Å²) in [5.41, 5.74) is 1.98. The van der Waals surface area contributed by atoms with E-state index in [4.69, 9.17) is 9.47 Å². The van der Waals surface area contributed by atoms with Crippen LogP contribution in [0, 0.1) is 0 Å². The molecule has 0 saturated carbocycles. The van der Waals surface area contributed by atoms with Gasteiger partial charge in [0.1, 0.15) is 0 Å². The van der Waals surface area contributed by atoms with E-state index in [1.807, 2.05) is 18.2 Å². The second-order valence-electron chi connectivity index (χ2n) is 7.23. The molecule has 0 bridgehead atoms. The molecular formula is C20H24N2O5. The van der Waals surface area contributed by atoms with Crippen molar-refractivity contribution in [3.8, 4) is 11.5 Å². The van der Waals surface area contributed by atoms with E-state index >= 15 is 0 Å². The fourth-order valence-corrected chi connectivity index (χ4v) is 3.97. The van der Waals surface area contributed by atoms with E-state index in [0.717, 1.165) is 49.5 Å². The van der Waals surface area contributed by atoms with Crippen LogP contribution in [0.3, 0.4) is 0 Å². The fourth-order valence-electron chi connectivity index (χ4n) is 3.97. The van der Waals surface area contributed by atoms with Gasteiger partial charge in [-0.05, 0) is 43.4 Å². The van der Waals surface area contributed by atoms with E-state index in [-0.39, 0.29) is 12.7 Å². The lowest BCUT2D eigenvalue weighted by Gasteiger charge is -2.36. The first-order valence-corrected chi connectivity index (χ1v) is 9.47. The van der Waals surface area contributed by atoms with Crippen LogP contribution in [0.1, 0.15) is 31.2 Å². The standard InChI is InChI=1S/C20H24N2O5/c23-19(15-3-1-2-4-16(15)20(24)25)22-9-7-21(8-10-22)12-14-5-6-17-18(11-14)27-13-26-17/h5-6,11H,1-4,7-10,12-13H2,(H,24,25). The lowest BCUT2D eigenvalue weighted by Crippen LogP contribution is -2.49. The van der Waals surface area contributed by atoms with Crippen molar-refractivity contribution in [3.05, 3.63) is 34.9 Å². The minimum absolute atomic E-state index is 0.0881. The van der Waals surface area contributed by atoms with Crippen molar-refractivity contribution in [1.29, 1.82) is 0 Å². The van der Waals surface area contributed by atoms with Crippen molar-refractivity contribution in [1.82, 2.24) is 9.80 Å². The second-order valence-corrected chi connectivity index (χ2v) is 7.23. The van der Waals surface area contributed by atoms with Crippen LogP contribution >= 0.6 is 0 Å². The minimum Gasteiger partial charge on any atom is -0.478 e. The van der Waals surface area contributed by atoms with Crippen LogP contribution < -0.4 is 9.47 Å². The summed E-state index contributed by atoms with van der Waals surface area (Å²) < 4.78 is 10.8. The molecular weight excluding hydrogens is 348 g/mol. The van der Waals surface area contributed by atoms with Gasteiger partial charge < -0.3 is 19.5 Å². The number of carboxylic acids is 1. The molecule has 3 aliphatic rings. The zero-order chi connectivity index (χ0) is 18.8. The molecule has 7 nitrogen and oxygen atoms in total.